The molecule has 0 fully saturated rings. The molecule has 1 unspecified atom stereocenters. The standard InChI is InChI=1S/C11H8BrFINO/c12-10-4-3-9(16-10)11(15)7-2-1-6(13)5-8(7)14/h1-5,11H,15H2. The lowest BCUT2D eigenvalue weighted by atomic mass is 10.1. The molecule has 16 heavy (non-hydrogen) atoms. The largest absolute Gasteiger partial charge is 0.452 e. The van der Waals surface area contributed by atoms with E-state index in [2.05, 4.69) is 38.5 Å². The van der Waals surface area contributed by atoms with Crippen LogP contribution in [0.25, 0.3) is 0 Å². The lowest BCUT2D eigenvalue weighted by Crippen LogP contribution is -2.12. The second kappa shape index (κ2) is 4.85. The summed E-state index contributed by atoms with van der Waals surface area (Å²) in [6.07, 6.45) is 0. The average Bonchev–Trinajstić information content (AvgIpc) is 2.64. The van der Waals surface area contributed by atoms with Crippen molar-refractivity contribution in [1.29, 1.82) is 0 Å². The normalized spacial score (nSPS) is 12.8. The number of halogens is 3. The Hall–Kier alpha value is -0.400. The summed E-state index contributed by atoms with van der Waals surface area (Å²) in [5, 5.41) is 0. The molecule has 0 saturated heterocycles. The van der Waals surface area contributed by atoms with Crippen LogP contribution in [0.15, 0.2) is 39.4 Å². The van der Waals surface area contributed by atoms with Crippen molar-refractivity contribution in [3.8, 4) is 0 Å². The number of hydrogen-bond acceptors (Lipinski definition) is 2. The summed E-state index contributed by atoms with van der Waals surface area (Å²) in [6.45, 7) is 0. The van der Waals surface area contributed by atoms with Crippen molar-refractivity contribution in [2.24, 2.45) is 5.73 Å². The third-order valence-electron chi connectivity index (χ3n) is 2.20. The summed E-state index contributed by atoms with van der Waals surface area (Å²) in [5.74, 6) is 0.386. The summed E-state index contributed by atoms with van der Waals surface area (Å²) in [5.41, 5.74) is 6.89. The number of rotatable bonds is 2. The van der Waals surface area contributed by atoms with E-state index in [1.54, 1.807) is 18.2 Å². The van der Waals surface area contributed by atoms with Crippen LogP contribution in [0.2, 0.25) is 0 Å². The molecule has 0 aliphatic heterocycles. The zero-order valence-corrected chi connectivity index (χ0v) is 11.8. The van der Waals surface area contributed by atoms with Gasteiger partial charge in [0.1, 0.15) is 11.6 Å². The second-order valence-corrected chi connectivity index (χ2v) is 5.23. The first kappa shape index (κ1) is 12.1. The number of furan rings is 1. The van der Waals surface area contributed by atoms with E-state index in [9.17, 15) is 4.39 Å². The Balaban J connectivity index is 2.37. The first-order chi connectivity index (χ1) is 7.58. The molecule has 1 aromatic heterocycles. The highest BCUT2D eigenvalue weighted by molar-refractivity contribution is 14.1. The Morgan fingerprint density at radius 1 is 1.31 bits per heavy atom. The van der Waals surface area contributed by atoms with Crippen LogP contribution in [0.4, 0.5) is 4.39 Å². The molecule has 0 aliphatic rings. The summed E-state index contributed by atoms with van der Waals surface area (Å²) in [6, 6.07) is 7.74. The van der Waals surface area contributed by atoms with Crippen LogP contribution in [-0.4, -0.2) is 0 Å². The maximum absolute atomic E-state index is 12.9. The molecule has 1 heterocycles. The Morgan fingerprint density at radius 3 is 2.62 bits per heavy atom. The van der Waals surface area contributed by atoms with Gasteiger partial charge >= 0.3 is 0 Å². The molecule has 0 saturated carbocycles. The van der Waals surface area contributed by atoms with Crippen LogP contribution < -0.4 is 5.73 Å². The van der Waals surface area contributed by atoms with E-state index in [1.165, 1.54) is 12.1 Å². The van der Waals surface area contributed by atoms with Crippen molar-refractivity contribution in [3.05, 3.63) is 55.7 Å². The van der Waals surface area contributed by atoms with Crippen molar-refractivity contribution in [2.75, 3.05) is 0 Å². The van der Waals surface area contributed by atoms with E-state index < -0.39 is 0 Å². The fourth-order valence-electron chi connectivity index (χ4n) is 1.40. The zero-order valence-electron chi connectivity index (χ0n) is 8.08. The van der Waals surface area contributed by atoms with Gasteiger partial charge in [-0.15, -0.1) is 0 Å². The van der Waals surface area contributed by atoms with Crippen LogP contribution >= 0.6 is 38.5 Å². The molecule has 2 rings (SSSR count). The van der Waals surface area contributed by atoms with Crippen LogP contribution in [0, 0.1) is 9.39 Å². The van der Waals surface area contributed by atoms with Crippen molar-refractivity contribution in [1.82, 2.24) is 0 Å². The summed E-state index contributed by atoms with van der Waals surface area (Å²) < 4.78 is 19.7. The minimum atomic E-state index is -0.376. The highest BCUT2D eigenvalue weighted by atomic mass is 127. The molecule has 2 N–H and O–H groups in total. The fourth-order valence-corrected chi connectivity index (χ4v) is 2.53. The maximum atomic E-state index is 12.9. The molecule has 0 bridgehead atoms. The fraction of sp³-hybridized carbons (Fsp3) is 0.0909. The number of nitrogens with two attached hydrogens (primary N) is 1. The summed E-state index contributed by atoms with van der Waals surface area (Å²) in [7, 11) is 0. The number of hydrogen-bond donors (Lipinski definition) is 1. The van der Waals surface area contributed by atoms with Gasteiger partial charge in [-0.05, 0) is 68.3 Å². The molecule has 0 spiro atoms. The van der Waals surface area contributed by atoms with Crippen molar-refractivity contribution in [3.63, 3.8) is 0 Å². The highest BCUT2D eigenvalue weighted by Gasteiger charge is 2.15. The lowest BCUT2D eigenvalue weighted by molar-refractivity contribution is 0.469. The summed E-state index contributed by atoms with van der Waals surface area (Å²) >= 11 is 5.28. The van der Waals surface area contributed by atoms with Gasteiger partial charge in [0.2, 0.25) is 0 Å². The molecule has 2 aromatic rings. The average molecular weight is 396 g/mol. The lowest BCUT2D eigenvalue weighted by Gasteiger charge is -2.11. The Bertz CT molecular complexity index is 514. The molecule has 1 aromatic carbocycles. The van der Waals surface area contributed by atoms with Gasteiger partial charge in [-0.2, -0.15) is 0 Å². The maximum Gasteiger partial charge on any atom is 0.169 e. The minimum Gasteiger partial charge on any atom is -0.452 e. The molecule has 0 amide bonds. The molecule has 2 nitrogen and oxygen atoms in total. The highest BCUT2D eigenvalue weighted by Crippen LogP contribution is 2.27. The van der Waals surface area contributed by atoms with E-state index in [1.807, 2.05) is 0 Å². The van der Waals surface area contributed by atoms with Crippen LogP contribution in [0.1, 0.15) is 17.4 Å². The second-order valence-electron chi connectivity index (χ2n) is 3.29. The number of benzene rings is 1. The van der Waals surface area contributed by atoms with E-state index in [4.69, 9.17) is 10.2 Å². The summed E-state index contributed by atoms with van der Waals surface area (Å²) in [4.78, 5) is 0. The third kappa shape index (κ3) is 2.46. The van der Waals surface area contributed by atoms with E-state index in [-0.39, 0.29) is 11.9 Å². The van der Waals surface area contributed by atoms with Crippen molar-refractivity contribution in [2.45, 2.75) is 6.04 Å². The Morgan fingerprint density at radius 2 is 2.06 bits per heavy atom. The topological polar surface area (TPSA) is 39.2 Å². The smallest absolute Gasteiger partial charge is 0.169 e. The van der Waals surface area contributed by atoms with Crippen LogP contribution in [0.3, 0.4) is 0 Å². The monoisotopic (exact) mass is 395 g/mol. The van der Waals surface area contributed by atoms with Crippen LogP contribution in [-0.2, 0) is 0 Å². The molecule has 5 heteroatoms. The van der Waals surface area contributed by atoms with Gasteiger partial charge in [0.25, 0.3) is 0 Å². The molecular formula is C11H8BrFINO. The Labute approximate surface area is 114 Å². The van der Waals surface area contributed by atoms with Gasteiger partial charge in [0, 0.05) is 3.57 Å². The third-order valence-corrected chi connectivity index (χ3v) is 3.56. The van der Waals surface area contributed by atoms with E-state index >= 15 is 0 Å². The zero-order chi connectivity index (χ0) is 11.7. The van der Waals surface area contributed by atoms with Gasteiger partial charge in [-0.25, -0.2) is 4.39 Å². The van der Waals surface area contributed by atoms with Crippen molar-refractivity contribution >= 4 is 38.5 Å². The first-order valence-corrected chi connectivity index (χ1v) is 6.41. The predicted octanol–water partition coefficient (Wildman–Crippen LogP) is 3.83. The van der Waals surface area contributed by atoms with Gasteiger partial charge < -0.3 is 10.2 Å². The Kier molecular flexibility index (Phi) is 3.66. The quantitative estimate of drug-likeness (QED) is 0.785. The molecule has 0 aliphatic carbocycles. The molecule has 0 radical (unpaired) electrons. The van der Waals surface area contributed by atoms with Gasteiger partial charge in [-0.3, -0.25) is 0 Å². The molecule has 84 valence electrons. The van der Waals surface area contributed by atoms with Gasteiger partial charge in [0.05, 0.1) is 6.04 Å². The van der Waals surface area contributed by atoms with Gasteiger partial charge in [0.15, 0.2) is 4.67 Å². The van der Waals surface area contributed by atoms with E-state index in [0.29, 0.717) is 10.4 Å². The molecular weight excluding hydrogens is 388 g/mol. The first-order valence-electron chi connectivity index (χ1n) is 4.53. The van der Waals surface area contributed by atoms with E-state index in [0.717, 1.165) is 9.13 Å². The van der Waals surface area contributed by atoms with Crippen molar-refractivity contribution < 1.29 is 8.81 Å². The predicted molar refractivity (Wildman–Crippen MR) is 71.6 cm³/mol. The minimum absolute atomic E-state index is 0.263. The molecule has 1 atom stereocenters. The van der Waals surface area contributed by atoms with Gasteiger partial charge in [-0.1, -0.05) is 6.07 Å². The van der Waals surface area contributed by atoms with Crippen LogP contribution in [0.5, 0.6) is 0 Å². The SMILES string of the molecule is NC(c1ccc(Br)o1)c1ccc(F)cc1I.